The highest BCUT2D eigenvalue weighted by atomic mass is 35.5. The molecule has 0 aliphatic heterocycles. The van der Waals surface area contributed by atoms with E-state index < -0.39 is 0 Å². The summed E-state index contributed by atoms with van der Waals surface area (Å²) in [5.74, 6) is 1.79. The number of rotatable bonds is 6. The van der Waals surface area contributed by atoms with E-state index in [0.717, 1.165) is 41.6 Å². The summed E-state index contributed by atoms with van der Waals surface area (Å²) in [6.07, 6.45) is 3.40. The Morgan fingerprint density at radius 3 is 2.45 bits per heavy atom. The smallest absolute Gasteiger partial charge is 0.134 e. The minimum atomic E-state index is 0.768. The van der Waals surface area contributed by atoms with E-state index in [0.29, 0.717) is 0 Å². The minimum Gasteiger partial charge on any atom is -0.373 e. The Kier molecular flexibility index (Phi) is 5.18. The van der Waals surface area contributed by atoms with Crippen LogP contribution in [0.5, 0.6) is 0 Å². The Labute approximate surface area is 124 Å². The highest BCUT2D eigenvalue weighted by Crippen LogP contribution is 2.19. The van der Waals surface area contributed by atoms with Crippen LogP contribution in [-0.4, -0.2) is 23.6 Å². The molecule has 1 aromatic heterocycles. The summed E-state index contributed by atoms with van der Waals surface area (Å²) in [7, 11) is 1.87. The number of anilines is 2. The van der Waals surface area contributed by atoms with E-state index in [4.69, 9.17) is 11.6 Å². The molecule has 0 unspecified atom stereocenters. The topological polar surface area (TPSA) is 49.8 Å². The van der Waals surface area contributed by atoms with E-state index in [9.17, 15) is 0 Å². The van der Waals surface area contributed by atoms with Crippen molar-refractivity contribution < 1.29 is 0 Å². The minimum absolute atomic E-state index is 0.768. The van der Waals surface area contributed by atoms with Crippen molar-refractivity contribution in [2.24, 2.45) is 0 Å². The van der Waals surface area contributed by atoms with Crippen LogP contribution in [0.15, 0.2) is 30.6 Å². The molecule has 0 aliphatic carbocycles. The lowest BCUT2D eigenvalue weighted by Crippen LogP contribution is -2.10. The van der Waals surface area contributed by atoms with Gasteiger partial charge in [-0.2, -0.15) is 0 Å². The van der Waals surface area contributed by atoms with Crippen molar-refractivity contribution >= 4 is 23.2 Å². The number of hydrogen-bond acceptors (Lipinski definition) is 4. The van der Waals surface area contributed by atoms with Gasteiger partial charge in [0, 0.05) is 24.2 Å². The van der Waals surface area contributed by atoms with E-state index in [2.05, 4.69) is 27.5 Å². The van der Waals surface area contributed by atoms with Crippen LogP contribution in [-0.2, 0) is 12.8 Å². The van der Waals surface area contributed by atoms with Gasteiger partial charge in [0.1, 0.15) is 18.0 Å². The molecule has 5 heteroatoms. The van der Waals surface area contributed by atoms with Gasteiger partial charge in [0.25, 0.3) is 0 Å². The third kappa shape index (κ3) is 3.61. The Balaban J connectivity index is 1.98. The molecule has 0 spiro atoms. The van der Waals surface area contributed by atoms with E-state index >= 15 is 0 Å². The molecule has 2 rings (SSSR count). The molecule has 0 aliphatic rings. The lowest BCUT2D eigenvalue weighted by atomic mass is 10.1. The van der Waals surface area contributed by atoms with Crippen molar-refractivity contribution in [2.75, 3.05) is 24.2 Å². The summed E-state index contributed by atoms with van der Waals surface area (Å²) >= 11 is 5.88. The van der Waals surface area contributed by atoms with Crippen LogP contribution < -0.4 is 10.6 Å². The first kappa shape index (κ1) is 14.6. The van der Waals surface area contributed by atoms with Gasteiger partial charge in [-0.1, -0.05) is 30.7 Å². The number of aromatic nitrogens is 2. The van der Waals surface area contributed by atoms with Crippen molar-refractivity contribution in [2.45, 2.75) is 19.8 Å². The third-order valence-corrected chi connectivity index (χ3v) is 3.41. The van der Waals surface area contributed by atoms with E-state index in [1.807, 2.05) is 31.3 Å². The molecule has 106 valence electrons. The summed E-state index contributed by atoms with van der Waals surface area (Å²) in [4.78, 5) is 8.55. The summed E-state index contributed by atoms with van der Waals surface area (Å²) in [5, 5.41) is 7.24. The summed E-state index contributed by atoms with van der Waals surface area (Å²) in [5.41, 5.74) is 2.37. The first-order valence-corrected chi connectivity index (χ1v) is 7.12. The maximum atomic E-state index is 5.88. The highest BCUT2D eigenvalue weighted by molar-refractivity contribution is 6.30. The van der Waals surface area contributed by atoms with Gasteiger partial charge in [0.15, 0.2) is 0 Å². The number of halogens is 1. The molecular weight excluding hydrogens is 272 g/mol. The van der Waals surface area contributed by atoms with Gasteiger partial charge in [-0.05, 0) is 30.5 Å². The molecule has 0 atom stereocenters. The largest absolute Gasteiger partial charge is 0.373 e. The van der Waals surface area contributed by atoms with Crippen LogP contribution in [0.1, 0.15) is 18.1 Å². The quantitative estimate of drug-likeness (QED) is 0.856. The second kappa shape index (κ2) is 7.10. The zero-order valence-electron chi connectivity index (χ0n) is 11.8. The Morgan fingerprint density at radius 1 is 1.10 bits per heavy atom. The number of nitrogens with zero attached hydrogens (tertiary/aromatic N) is 2. The Morgan fingerprint density at radius 2 is 1.80 bits per heavy atom. The van der Waals surface area contributed by atoms with Gasteiger partial charge < -0.3 is 10.6 Å². The predicted octanol–water partition coefficient (Wildman–Crippen LogP) is 3.39. The first-order chi connectivity index (χ1) is 9.74. The Hall–Kier alpha value is -1.81. The molecule has 20 heavy (non-hydrogen) atoms. The fourth-order valence-electron chi connectivity index (χ4n) is 2.09. The van der Waals surface area contributed by atoms with Gasteiger partial charge in [0.05, 0.1) is 0 Å². The fourth-order valence-corrected chi connectivity index (χ4v) is 2.22. The van der Waals surface area contributed by atoms with Crippen LogP contribution in [0.2, 0.25) is 5.02 Å². The van der Waals surface area contributed by atoms with Gasteiger partial charge in [-0.15, -0.1) is 0 Å². The standard InChI is InChI=1S/C15H19ClN4/c1-3-13-14(17-2)19-10-20-15(13)18-9-8-11-4-6-12(16)7-5-11/h4-7,10H,3,8-9H2,1-2H3,(H2,17,18,19,20). The molecule has 0 amide bonds. The molecule has 1 aromatic carbocycles. The van der Waals surface area contributed by atoms with Gasteiger partial charge in [0.2, 0.25) is 0 Å². The summed E-state index contributed by atoms with van der Waals surface area (Å²) in [6.45, 7) is 2.93. The predicted molar refractivity (Wildman–Crippen MR) is 84.6 cm³/mol. The molecule has 0 bridgehead atoms. The third-order valence-electron chi connectivity index (χ3n) is 3.16. The van der Waals surface area contributed by atoms with Crippen LogP contribution in [0.4, 0.5) is 11.6 Å². The van der Waals surface area contributed by atoms with Crippen LogP contribution in [0.3, 0.4) is 0 Å². The Bertz CT molecular complexity index is 554. The van der Waals surface area contributed by atoms with Gasteiger partial charge >= 0.3 is 0 Å². The molecule has 0 saturated carbocycles. The van der Waals surface area contributed by atoms with Gasteiger partial charge in [-0.25, -0.2) is 9.97 Å². The van der Waals surface area contributed by atoms with Crippen molar-refractivity contribution in [3.63, 3.8) is 0 Å². The molecule has 0 radical (unpaired) electrons. The second-order valence-corrected chi connectivity index (χ2v) is 4.89. The maximum absolute atomic E-state index is 5.88. The highest BCUT2D eigenvalue weighted by Gasteiger charge is 2.07. The molecule has 2 N–H and O–H groups in total. The normalized spacial score (nSPS) is 10.3. The molecule has 0 saturated heterocycles. The lowest BCUT2D eigenvalue weighted by Gasteiger charge is -2.12. The zero-order chi connectivity index (χ0) is 14.4. The van der Waals surface area contributed by atoms with Crippen molar-refractivity contribution in [1.82, 2.24) is 9.97 Å². The van der Waals surface area contributed by atoms with Crippen LogP contribution in [0, 0.1) is 0 Å². The summed E-state index contributed by atoms with van der Waals surface area (Å²) < 4.78 is 0. The summed E-state index contributed by atoms with van der Waals surface area (Å²) in [6, 6.07) is 7.92. The molecule has 2 aromatic rings. The lowest BCUT2D eigenvalue weighted by molar-refractivity contribution is 0.974. The maximum Gasteiger partial charge on any atom is 0.134 e. The average Bonchev–Trinajstić information content (AvgIpc) is 2.49. The van der Waals surface area contributed by atoms with Crippen molar-refractivity contribution in [3.8, 4) is 0 Å². The second-order valence-electron chi connectivity index (χ2n) is 4.46. The monoisotopic (exact) mass is 290 g/mol. The molecular formula is C15H19ClN4. The first-order valence-electron chi connectivity index (χ1n) is 6.74. The van der Waals surface area contributed by atoms with Crippen molar-refractivity contribution in [3.05, 3.63) is 46.7 Å². The molecule has 1 heterocycles. The van der Waals surface area contributed by atoms with Gasteiger partial charge in [-0.3, -0.25) is 0 Å². The zero-order valence-corrected chi connectivity index (χ0v) is 12.5. The fraction of sp³-hybridized carbons (Fsp3) is 0.333. The molecule has 0 fully saturated rings. The van der Waals surface area contributed by atoms with Crippen LogP contribution in [0.25, 0.3) is 0 Å². The van der Waals surface area contributed by atoms with E-state index in [1.165, 1.54) is 5.56 Å². The number of nitrogens with one attached hydrogen (secondary N) is 2. The number of benzene rings is 1. The van der Waals surface area contributed by atoms with Crippen LogP contribution >= 0.6 is 11.6 Å². The SMILES string of the molecule is CCc1c(NC)ncnc1NCCc1ccc(Cl)cc1. The van der Waals surface area contributed by atoms with Crippen molar-refractivity contribution in [1.29, 1.82) is 0 Å². The van der Waals surface area contributed by atoms with E-state index in [-0.39, 0.29) is 0 Å². The average molecular weight is 291 g/mol. The van der Waals surface area contributed by atoms with E-state index in [1.54, 1.807) is 6.33 Å². The molecule has 4 nitrogen and oxygen atoms in total. The number of hydrogen-bond donors (Lipinski definition) is 2.